The van der Waals surface area contributed by atoms with Crippen molar-refractivity contribution in [3.05, 3.63) is 108 Å². The Kier molecular flexibility index (Phi) is 6.85. The second kappa shape index (κ2) is 10.5. The molecule has 0 aliphatic rings. The smallest absolute Gasteiger partial charge is 0.247 e. The van der Waals surface area contributed by atoms with Crippen LogP contribution in [-0.4, -0.2) is 26.0 Å². The molecule has 0 bridgehead atoms. The topological polar surface area (TPSA) is 115 Å². The maximum absolute atomic E-state index is 11.4. The van der Waals surface area contributed by atoms with Gasteiger partial charge in [0.1, 0.15) is 0 Å². The van der Waals surface area contributed by atoms with Crippen LogP contribution in [0, 0.1) is 0 Å². The van der Waals surface area contributed by atoms with Crippen LogP contribution >= 0.6 is 11.6 Å². The van der Waals surface area contributed by atoms with Gasteiger partial charge in [-0.2, -0.15) is 0 Å². The Balaban J connectivity index is 1.31. The number of carbonyl (C=O) groups excluding carboxylic acids is 1. The number of amides is 1. The lowest BCUT2D eigenvalue weighted by Gasteiger charge is -2.16. The number of hydrogen-bond donors (Lipinski definition) is 5. The molecule has 5 aromatic rings. The van der Waals surface area contributed by atoms with Gasteiger partial charge in [0, 0.05) is 45.3 Å². The second-order valence-electron chi connectivity index (χ2n) is 8.21. The Morgan fingerprint density at radius 3 is 2.62 bits per heavy atom. The normalized spacial score (nSPS) is 11.6. The Labute approximate surface area is 218 Å². The highest BCUT2D eigenvalue weighted by atomic mass is 35.5. The molecule has 0 radical (unpaired) electrons. The quantitative estimate of drug-likeness (QED) is 0.124. The molecule has 184 valence electrons. The van der Waals surface area contributed by atoms with Crippen LogP contribution in [0.2, 0.25) is 5.02 Å². The van der Waals surface area contributed by atoms with E-state index in [4.69, 9.17) is 11.6 Å². The van der Waals surface area contributed by atoms with Gasteiger partial charge in [-0.15, -0.1) is 0 Å². The third-order valence-electron chi connectivity index (χ3n) is 5.69. The van der Waals surface area contributed by atoms with Crippen LogP contribution in [0.1, 0.15) is 11.8 Å². The molecule has 0 aliphatic heterocycles. The van der Waals surface area contributed by atoms with Crippen molar-refractivity contribution in [2.24, 2.45) is 0 Å². The number of H-pyrrole nitrogens is 1. The third-order valence-corrected chi connectivity index (χ3v) is 5.97. The first-order valence-corrected chi connectivity index (χ1v) is 11.8. The molecule has 2 heterocycles. The molecule has 0 fully saturated rings. The van der Waals surface area contributed by atoms with E-state index in [0.29, 0.717) is 33.6 Å². The van der Waals surface area contributed by atoms with E-state index < -0.39 is 6.23 Å². The van der Waals surface area contributed by atoms with Crippen LogP contribution in [0.5, 0.6) is 0 Å². The molecule has 1 atom stereocenters. The number of aliphatic hydroxyl groups is 1. The fourth-order valence-corrected chi connectivity index (χ4v) is 4.08. The predicted octanol–water partition coefficient (Wildman–Crippen LogP) is 6.25. The highest BCUT2D eigenvalue weighted by Gasteiger charge is 2.13. The van der Waals surface area contributed by atoms with Crippen molar-refractivity contribution in [3.63, 3.8) is 0 Å². The molecular formula is C28H23ClN6O2. The molecule has 2 aromatic heterocycles. The maximum atomic E-state index is 11.4. The van der Waals surface area contributed by atoms with E-state index in [1.165, 1.54) is 6.08 Å². The molecule has 0 aliphatic carbocycles. The van der Waals surface area contributed by atoms with E-state index in [-0.39, 0.29) is 5.91 Å². The van der Waals surface area contributed by atoms with E-state index in [9.17, 15) is 9.90 Å². The van der Waals surface area contributed by atoms with Gasteiger partial charge in [0.2, 0.25) is 11.9 Å². The summed E-state index contributed by atoms with van der Waals surface area (Å²) in [5.41, 5.74) is 5.17. The van der Waals surface area contributed by atoms with Crippen LogP contribution in [0.4, 0.5) is 23.0 Å². The monoisotopic (exact) mass is 510 g/mol. The summed E-state index contributed by atoms with van der Waals surface area (Å²) in [6.45, 7) is 3.43. The van der Waals surface area contributed by atoms with Gasteiger partial charge < -0.3 is 26.0 Å². The number of aromatic nitrogens is 3. The standard InChI is InChI=1S/C28H23ClN6O2/c1-2-25(36)32-18-12-10-17(11-13-18)27(37)33-19-6-5-7-20(14-19)34-28-31-16-23(29)26(35-28)22-15-30-24-9-4-3-8-21(22)24/h2-16,27,30,33,37H,1H2,(H,32,36)(H,31,34,35). The van der Waals surface area contributed by atoms with Gasteiger partial charge in [0.05, 0.1) is 16.9 Å². The average molecular weight is 511 g/mol. The number of nitrogens with zero attached hydrogens (tertiary/aromatic N) is 2. The highest BCUT2D eigenvalue weighted by molar-refractivity contribution is 6.33. The summed E-state index contributed by atoms with van der Waals surface area (Å²) in [5.74, 6) is 0.0912. The minimum Gasteiger partial charge on any atom is -0.369 e. The Morgan fingerprint density at radius 1 is 1.03 bits per heavy atom. The van der Waals surface area contributed by atoms with Crippen molar-refractivity contribution in [2.75, 3.05) is 16.0 Å². The molecule has 1 unspecified atom stereocenters. The average Bonchev–Trinajstić information content (AvgIpc) is 3.34. The third kappa shape index (κ3) is 5.45. The molecular weight excluding hydrogens is 488 g/mol. The summed E-state index contributed by atoms with van der Waals surface area (Å²) in [6, 6.07) is 22.2. The minimum absolute atomic E-state index is 0.297. The van der Waals surface area contributed by atoms with Crippen LogP contribution in [0.25, 0.3) is 22.2 Å². The van der Waals surface area contributed by atoms with Crippen LogP contribution in [-0.2, 0) is 4.79 Å². The Hall–Kier alpha value is -4.66. The van der Waals surface area contributed by atoms with Gasteiger partial charge in [-0.3, -0.25) is 4.79 Å². The van der Waals surface area contributed by atoms with E-state index in [0.717, 1.165) is 22.2 Å². The van der Waals surface area contributed by atoms with Crippen molar-refractivity contribution in [1.29, 1.82) is 0 Å². The molecule has 3 aromatic carbocycles. The van der Waals surface area contributed by atoms with E-state index in [1.807, 2.05) is 54.7 Å². The van der Waals surface area contributed by atoms with E-state index in [2.05, 4.69) is 37.5 Å². The van der Waals surface area contributed by atoms with Crippen molar-refractivity contribution in [2.45, 2.75) is 6.23 Å². The zero-order chi connectivity index (χ0) is 25.8. The second-order valence-corrected chi connectivity index (χ2v) is 8.61. The lowest BCUT2D eigenvalue weighted by atomic mass is 10.1. The van der Waals surface area contributed by atoms with Crippen LogP contribution in [0.3, 0.4) is 0 Å². The van der Waals surface area contributed by atoms with Gasteiger partial charge >= 0.3 is 0 Å². The van der Waals surface area contributed by atoms with E-state index >= 15 is 0 Å². The number of fused-ring (bicyclic) bond motifs is 1. The summed E-state index contributed by atoms with van der Waals surface area (Å²) >= 11 is 6.44. The number of benzene rings is 3. The molecule has 5 N–H and O–H groups in total. The molecule has 0 saturated heterocycles. The zero-order valence-corrected chi connectivity index (χ0v) is 20.3. The van der Waals surface area contributed by atoms with Crippen molar-refractivity contribution >= 4 is 51.4 Å². The lowest BCUT2D eigenvalue weighted by molar-refractivity contribution is -0.111. The predicted molar refractivity (Wildman–Crippen MR) is 148 cm³/mol. The first-order chi connectivity index (χ1) is 18.0. The first-order valence-electron chi connectivity index (χ1n) is 11.4. The number of para-hydroxylation sites is 1. The largest absolute Gasteiger partial charge is 0.369 e. The molecule has 1 amide bonds. The first kappa shape index (κ1) is 24.1. The fraction of sp³-hybridized carbons (Fsp3) is 0.0357. The fourth-order valence-electron chi connectivity index (χ4n) is 3.88. The summed E-state index contributed by atoms with van der Waals surface area (Å²) in [4.78, 5) is 23.7. The number of carbonyl (C=O) groups is 1. The minimum atomic E-state index is -0.959. The molecule has 9 heteroatoms. The Morgan fingerprint density at radius 2 is 1.81 bits per heavy atom. The number of hydrogen-bond acceptors (Lipinski definition) is 6. The number of aromatic amines is 1. The SMILES string of the molecule is C=CC(=O)Nc1ccc(C(O)Nc2cccc(Nc3ncc(Cl)c(-c4c[nH]c5ccccc45)n3)c2)cc1. The summed E-state index contributed by atoms with van der Waals surface area (Å²) in [5, 5.41) is 21.1. The van der Waals surface area contributed by atoms with E-state index in [1.54, 1.807) is 30.5 Å². The molecule has 0 saturated carbocycles. The molecule has 5 rings (SSSR count). The molecule has 37 heavy (non-hydrogen) atoms. The van der Waals surface area contributed by atoms with Gasteiger partial charge in [-0.1, -0.05) is 54.6 Å². The maximum Gasteiger partial charge on any atom is 0.247 e. The number of rotatable bonds is 8. The zero-order valence-electron chi connectivity index (χ0n) is 19.6. The number of anilines is 4. The molecule has 0 spiro atoms. The summed E-state index contributed by atoms with van der Waals surface area (Å²) < 4.78 is 0. The van der Waals surface area contributed by atoms with Gasteiger partial charge in [-0.25, -0.2) is 9.97 Å². The van der Waals surface area contributed by atoms with Crippen LogP contribution < -0.4 is 16.0 Å². The highest BCUT2D eigenvalue weighted by Crippen LogP contribution is 2.33. The Bertz CT molecular complexity index is 1580. The lowest BCUT2D eigenvalue weighted by Crippen LogP contribution is -2.11. The van der Waals surface area contributed by atoms with Crippen molar-refractivity contribution in [3.8, 4) is 11.3 Å². The van der Waals surface area contributed by atoms with Gasteiger partial charge in [0.15, 0.2) is 6.23 Å². The summed E-state index contributed by atoms with van der Waals surface area (Å²) in [7, 11) is 0. The number of halogens is 1. The van der Waals surface area contributed by atoms with Gasteiger partial charge in [0.25, 0.3) is 0 Å². The van der Waals surface area contributed by atoms with Gasteiger partial charge in [-0.05, 0) is 42.5 Å². The number of aliphatic hydroxyl groups excluding tert-OH is 1. The van der Waals surface area contributed by atoms with Crippen molar-refractivity contribution in [1.82, 2.24) is 15.0 Å². The summed E-state index contributed by atoms with van der Waals surface area (Å²) in [6.07, 6.45) is 3.69. The number of nitrogens with one attached hydrogen (secondary N) is 4. The van der Waals surface area contributed by atoms with Crippen molar-refractivity contribution < 1.29 is 9.90 Å². The molecule has 8 nitrogen and oxygen atoms in total. The van der Waals surface area contributed by atoms with Crippen LogP contribution in [0.15, 0.2) is 97.8 Å².